The Balaban J connectivity index is 1.81. The average Bonchev–Trinajstić information content (AvgIpc) is 2.48. The average molecular weight is 279 g/mol. The van der Waals surface area contributed by atoms with Crippen LogP contribution >= 0.6 is 0 Å². The molecule has 0 aliphatic carbocycles. The highest BCUT2D eigenvalue weighted by atomic mass is 16.3. The maximum atomic E-state index is 10.1. The molecule has 20 heavy (non-hydrogen) atoms. The Kier molecular flexibility index (Phi) is 5.98. The molecule has 2 rings (SSSR count). The number of benzene rings is 1. The van der Waals surface area contributed by atoms with E-state index in [-0.39, 0.29) is 6.61 Å². The Morgan fingerprint density at radius 1 is 1.00 bits per heavy atom. The van der Waals surface area contributed by atoms with Crippen LogP contribution in [-0.4, -0.2) is 46.0 Å². The van der Waals surface area contributed by atoms with Gasteiger partial charge in [0.05, 0.1) is 18.8 Å². The quantitative estimate of drug-likeness (QED) is 0.737. The summed E-state index contributed by atoms with van der Waals surface area (Å²) < 4.78 is 0. The van der Waals surface area contributed by atoms with E-state index in [1.807, 2.05) is 12.1 Å². The molecule has 2 atom stereocenters. The highest BCUT2D eigenvalue weighted by Crippen LogP contribution is 2.20. The fourth-order valence-corrected chi connectivity index (χ4v) is 2.75. The van der Waals surface area contributed by atoms with E-state index in [4.69, 9.17) is 5.11 Å². The van der Waals surface area contributed by atoms with Gasteiger partial charge in [0.1, 0.15) is 0 Å². The Bertz CT molecular complexity index is 387. The molecular formula is C16H25NO3. The Morgan fingerprint density at radius 2 is 1.65 bits per heavy atom. The molecule has 1 heterocycles. The van der Waals surface area contributed by atoms with E-state index in [0.29, 0.717) is 13.0 Å². The third-order valence-electron chi connectivity index (χ3n) is 3.96. The van der Waals surface area contributed by atoms with Crippen molar-refractivity contribution in [1.82, 2.24) is 4.90 Å². The monoisotopic (exact) mass is 279 g/mol. The van der Waals surface area contributed by atoms with Crippen LogP contribution in [0.4, 0.5) is 0 Å². The van der Waals surface area contributed by atoms with Gasteiger partial charge < -0.3 is 20.2 Å². The summed E-state index contributed by atoms with van der Waals surface area (Å²) in [5.41, 5.74) is 1.62. The maximum absolute atomic E-state index is 10.1. The molecule has 4 nitrogen and oxygen atoms in total. The van der Waals surface area contributed by atoms with Crippen molar-refractivity contribution in [3.8, 4) is 0 Å². The molecule has 0 spiro atoms. The predicted octanol–water partition coefficient (Wildman–Crippen LogP) is 1.45. The van der Waals surface area contributed by atoms with E-state index in [9.17, 15) is 10.2 Å². The number of nitrogens with zero attached hydrogens (tertiary/aromatic N) is 1. The predicted molar refractivity (Wildman–Crippen MR) is 78.2 cm³/mol. The first-order valence-electron chi connectivity index (χ1n) is 7.47. The lowest BCUT2D eigenvalue weighted by molar-refractivity contribution is 0.0488. The topological polar surface area (TPSA) is 63.9 Å². The van der Waals surface area contributed by atoms with Crippen molar-refractivity contribution in [2.75, 3.05) is 19.6 Å². The van der Waals surface area contributed by atoms with Gasteiger partial charge in [-0.1, -0.05) is 30.7 Å². The van der Waals surface area contributed by atoms with Gasteiger partial charge in [-0.2, -0.15) is 0 Å². The Morgan fingerprint density at radius 3 is 2.25 bits per heavy atom. The molecule has 1 saturated heterocycles. The van der Waals surface area contributed by atoms with Crippen molar-refractivity contribution in [3.05, 3.63) is 35.4 Å². The van der Waals surface area contributed by atoms with E-state index in [2.05, 4.69) is 4.90 Å². The van der Waals surface area contributed by atoms with Crippen LogP contribution in [0.5, 0.6) is 0 Å². The fraction of sp³-hybridized carbons (Fsp3) is 0.625. The van der Waals surface area contributed by atoms with E-state index in [0.717, 1.165) is 24.2 Å². The number of rotatable bonds is 6. The van der Waals surface area contributed by atoms with Crippen molar-refractivity contribution in [3.63, 3.8) is 0 Å². The molecule has 1 aliphatic rings. The van der Waals surface area contributed by atoms with E-state index in [1.54, 1.807) is 12.1 Å². The molecule has 0 radical (unpaired) electrons. The van der Waals surface area contributed by atoms with Crippen molar-refractivity contribution < 1.29 is 15.3 Å². The second-order valence-corrected chi connectivity index (χ2v) is 5.67. The van der Waals surface area contributed by atoms with Crippen LogP contribution in [0.3, 0.4) is 0 Å². The van der Waals surface area contributed by atoms with Crippen molar-refractivity contribution in [1.29, 1.82) is 0 Å². The Labute approximate surface area is 120 Å². The number of hydrogen-bond acceptors (Lipinski definition) is 4. The van der Waals surface area contributed by atoms with Gasteiger partial charge in [0.15, 0.2) is 0 Å². The zero-order valence-electron chi connectivity index (χ0n) is 11.9. The molecule has 1 aliphatic heterocycles. The maximum Gasteiger partial charge on any atom is 0.0815 e. The summed E-state index contributed by atoms with van der Waals surface area (Å²) in [7, 11) is 0. The molecular weight excluding hydrogens is 254 g/mol. The molecule has 0 unspecified atom stereocenters. The highest BCUT2D eigenvalue weighted by Gasteiger charge is 2.18. The van der Waals surface area contributed by atoms with Crippen LogP contribution in [0, 0.1) is 0 Å². The van der Waals surface area contributed by atoms with Crippen molar-refractivity contribution in [2.45, 2.75) is 44.5 Å². The number of β-amino-alcohol motifs (C(OH)–C–C–N with tert-alkyl or cyclic N) is 1. The first kappa shape index (κ1) is 15.4. The van der Waals surface area contributed by atoms with Crippen LogP contribution in [-0.2, 0) is 6.61 Å². The number of hydrogen-bond donors (Lipinski definition) is 3. The Hall–Kier alpha value is -0.940. The normalized spacial score (nSPS) is 19.8. The van der Waals surface area contributed by atoms with Crippen LogP contribution in [0.25, 0.3) is 0 Å². The number of likely N-dealkylation sites (tertiary alicyclic amines) is 1. The molecule has 0 saturated carbocycles. The van der Waals surface area contributed by atoms with Gasteiger partial charge >= 0.3 is 0 Å². The van der Waals surface area contributed by atoms with Gasteiger partial charge in [-0.15, -0.1) is 0 Å². The van der Waals surface area contributed by atoms with Gasteiger partial charge in [-0.3, -0.25) is 0 Å². The first-order valence-corrected chi connectivity index (χ1v) is 7.47. The van der Waals surface area contributed by atoms with Crippen molar-refractivity contribution in [2.24, 2.45) is 0 Å². The van der Waals surface area contributed by atoms with Gasteiger partial charge in [0, 0.05) is 13.0 Å². The van der Waals surface area contributed by atoms with Crippen LogP contribution in [0.1, 0.15) is 42.9 Å². The largest absolute Gasteiger partial charge is 0.392 e. The second kappa shape index (κ2) is 7.74. The summed E-state index contributed by atoms with van der Waals surface area (Å²) in [5.74, 6) is 0. The lowest BCUT2D eigenvalue weighted by Crippen LogP contribution is -2.36. The van der Waals surface area contributed by atoms with E-state index >= 15 is 0 Å². The summed E-state index contributed by atoms with van der Waals surface area (Å²) in [6.07, 6.45) is 2.90. The molecule has 0 amide bonds. The lowest BCUT2D eigenvalue weighted by Gasteiger charge is -2.29. The SMILES string of the molecule is OCc1ccc([C@H](O)C[C@H](O)CN2CCCCC2)cc1. The molecule has 3 N–H and O–H groups in total. The highest BCUT2D eigenvalue weighted by molar-refractivity contribution is 5.23. The minimum Gasteiger partial charge on any atom is -0.392 e. The molecule has 1 aromatic rings. The van der Waals surface area contributed by atoms with Gasteiger partial charge in [0.2, 0.25) is 0 Å². The van der Waals surface area contributed by atoms with Crippen LogP contribution < -0.4 is 0 Å². The fourth-order valence-electron chi connectivity index (χ4n) is 2.75. The van der Waals surface area contributed by atoms with Crippen LogP contribution in [0.2, 0.25) is 0 Å². The van der Waals surface area contributed by atoms with Crippen LogP contribution in [0.15, 0.2) is 24.3 Å². The van der Waals surface area contributed by atoms with E-state index in [1.165, 1.54) is 19.3 Å². The van der Waals surface area contributed by atoms with Gasteiger partial charge in [-0.25, -0.2) is 0 Å². The van der Waals surface area contributed by atoms with Gasteiger partial charge in [0.25, 0.3) is 0 Å². The summed E-state index contributed by atoms with van der Waals surface area (Å²) in [6.45, 7) is 2.76. The number of aliphatic hydroxyl groups is 3. The summed E-state index contributed by atoms with van der Waals surface area (Å²) in [6, 6.07) is 7.22. The first-order chi connectivity index (χ1) is 9.69. The molecule has 0 aromatic heterocycles. The van der Waals surface area contributed by atoms with Crippen molar-refractivity contribution >= 4 is 0 Å². The molecule has 1 fully saturated rings. The lowest BCUT2D eigenvalue weighted by atomic mass is 10.0. The zero-order valence-corrected chi connectivity index (χ0v) is 11.9. The second-order valence-electron chi connectivity index (χ2n) is 5.67. The summed E-state index contributed by atoms with van der Waals surface area (Å²) in [4.78, 5) is 2.27. The zero-order chi connectivity index (χ0) is 14.4. The smallest absolute Gasteiger partial charge is 0.0815 e. The van der Waals surface area contributed by atoms with Gasteiger partial charge in [-0.05, 0) is 37.1 Å². The summed E-state index contributed by atoms with van der Waals surface area (Å²) >= 11 is 0. The molecule has 1 aromatic carbocycles. The third kappa shape index (κ3) is 4.56. The standard InChI is InChI=1S/C16H25NO3/c18-12-13-4-6-14(7-5-13)16(20)10-15(19)11-17-8-2-1-3-9-17/h4-7,15-16,18-20H,1-3,8-12H2/t15-,16+/m0/s1. The van der Waals surface area contributed by atoms with E-state index < -0.39 is 12.2 Å². The molecule has 112 valence electrons. The number of piperidine rings is 1. The third-order valence-corrected chi connectivity index (χ3v) is 3.96. The molecule has 0 bridgehead atoms. The number of aliphatic hydroxyl groups excluding tert-OH is 3. The minimum atomic E-state index is -0.650. The summed E-state index contributed by atoms with van der Waals surface area (Å²) in [5, 5.41) is 29.2. The minimum absolute atomic E-state index is 0.00790. The molecule has 4 heteroatoms.